The Balaban J connectivity index is 2.24. The van der Waals surface area contributed by atoms with Gasteiger partial charge in [-0.2, -0.15) is 5.26 Å². The molecule has 1 aliphatic heterocycles. The highest BCUT2D eigenvalue weighted by Crippen LogP contribution is 2.32. The van der Waals surface area contributed by atoms with Crippen LogP contribution in [0, 0.1) is 16.7 Å². The molecule has 4 heteroatoms. The number of hydrogen-bond acceptors (Lipinski definition) is 3. The van der Waals surface area contributed by atoms with Gasteiger partial charge in [-0.1, -0.05) is 36.4 Å². The first-order chi connectivity index (χ1) is 9.72. The van der Waals surface area contributed by atoms with Gasteiger partial charge in [-0.15, -0.1) is 0 Å². The number of carbonyl (C=O) groups excluding carboxylic acids is 1. The molecule has 0 saturated heterocycles. The van der Waals surface area contributed by atoms with Crippen molar-refractivity contribution < 1.29 is 4.79 Å². The van der Waals surface area contributed by atoms with E-state index in [1.54, 1.807) is 24.3 Å². The molecule has 20 heavy (non-hydrogen) atoms. The molecule has 2 aromatic rings. The van der Waals surface area contributed by atoms with Crippen molar-refractivity contribution in [2.45, 2.75) is 5.92 Å². The summed E-state index contributed by atoms with van der Waals surface area (Å²) >= 11 is 0. The summed E-state index contributed by atoms with van der Waals surface area (Å²) in [5.41, 5.74) is 2.59. The Labute approximate surface area is 116 Å². The van der Waals surface area contributed by atoms with Gasteiger partial charge < -0.3 is 5.32 Å². The average molecular weight is 261 g/mol. The van der Waals surface area contributed by atoms with Crippen LogP contribution in [0.1, 0.15) is 33.0 Å². The monoisotopic (exact) mass is 261 g/mol. The third-order valence-electron chi connectivity index (χ3n) is 3.45. The highest BCUT2D eigenvalue weighted by Gasteiger charge is 2.31. The van der Waals surface area contributed by atoms with Crippen LogP contribution in [0.15, 0.2) is 48.5 Å². The minimum atomic E-state index is -0.403. The Kier molecular flexibility index (Phi) is 2.81. The number of hydrogen-bond donors (Lipinski definition) is 2. The number of carbonyl (C=O) groups is 1. The van der Waals surface area contributed by atoms with Gasteiger partial charge in [0.05, 0.1) is 17.6 Å². The zero-order valence-corrected chi connectivity index (χ0v) is 10.6. The predicted molar refractivity (Wildman–Crippen MR) is 74.6 cm³/mol. The van der Waals surface area contributed by atoms with Crippen LogP contribution in [-0.2, 0) is 0 Å². The van der Waals surface area contributed by atoms with Gasteiger partial charge in [-0.3, -0.25) is 10.2 Å². The lowest BCUT2D eigenvalue weighted by molar-refractivity contribution is 0.0971. The zero-order valence-electron chi connectivity index (χ0n) is 10.6. The first-order valence-electron chi connectivity index (χ1n) is 6.20. The minimum absolute atomic E-state index is 0.108. The van der Waals surface area contributed by atoms with Gasteiger partial charge in [0.15, 0.2) is 0 Å². The Morgan fingerprint density at radius 1 is 1.05 bits per heavy atom. The van der Waals surface area contributed by atoms with Gasteiger partial charge in [-0.25, -0.2) is 0 Å². The molecule has 4 nitrogen and oxygen atoms in total. The third kappa shape index (κ3) is 1.77. The van der Waals surface area contributed by atoms with Crippen molar-refractivity contribution in [3.63, 3.8) is 0 Å². The summed E-state index contributed by atoms with van der Waals surface area (Å²) in [5.74, 6) is -0.563. The van der Waals surface area contributed by atoms with E-state index in [0.717, 1.165) is 11.1 Å². The van der Waals surface area contributed by atoms with Crippen LogP contribution >= 0.6 is 0 Å². The molecule has 1 amide bonds. The quantitative estimate of drug-likeness (QED) is 0.827. The molecular formula is C16H11N3O. The van der Waals surface area contributed by atoms with Crippen LogP contribution < -0.4 is 5.32 Å². The van der Waals surface area contributed by atoms with E-state index in [-0.39, 0.29) is 11.7 Å². The molecule has 2 aromatic carbocycles. The van der Waals surface area contributed by atoms with E-state index < -0.39 is 5.92 Å². The van der Waals surface area contributed by atoms with Crippen LogP contribution in [0.3, 0.4) is 0 Å². The van der Waals surface area contributed by atoms with E-state index in [9.17, 15) is 10.1 Å². The number of benzene rings is 2. The van der Waals surface area contributed by atoms with Gasteiger partial charge in [0, 0.05) is 5.56 Å². The average Bonchev–Trinajstić information content (AvgIpc) is 2.48. The van der Waals surface area contributed by atoms with Crippen molar-refractivity contribution >= 4 is 11.7 Å². The molecule has 0 spiro atoms. The number of nitriles is 1. The second-order valence-electron chi connectivity index (χ2n) is 4.59. The zero-order chi connectivity index (χ0) is 14.1. The standard InChI is InChI=1S/C16H11N3O/c17-9-10-5-1-2-6-11(10)14-12-7-3-4-8-13(12)16(20)19-15(14)18/h1-8,14H,(H2,18,19,20). The maximum Gasteiger partial charge on any atom is 0.256 e. The summed E-state index contributed by atoms with van der Waals surface area (Å²) in [6, 6.07) is 16.5. The van der Waals surface area contributed by atoms with Crippen LogP contribution in [0.5, 0.6) is 0 Å². The van der Waals surface area contributed by atoms with E-state index >= 15 is 0 Å². The van der Waals surface area contributed by atoms with Gasteiger partial charge in [0.2, 0.25) is 0 Å². The molecule has 2 N–H and O–H groups in total. The summed E-state index contributed by atoms with van der Waals surface area (Å²) in [7, 11) is 0. The number of amidine groups is 1. The number of amides is 1. The van der Waals surface area contributed by atoms with E-state index in [4.69, 9.17) is 5.41 Å². The maximum absolute atomic E-state index is 11.9. The summed E-state index contributed by atoms with van der Waals surface area (Å²) in [6.45, 7) is 0. The summed E-state index contributed by atoms with van der Waals surface area (Å²) in [5, 5.41) is 19.9. The predicted octanol–water partition coefficient (Wildman–Crippen LogP) is 2.41. The van der Waals surface area contributed by atoms with Crippen molar-refractivity contribution in [2.75, 3.05) is 0 Å². The first kappa shape index (κ1) is 12.1. The Bertz CT molecular complexity index is 758. The third-order valence-corrected chi connectivity index (χ3v) is 3.45. The fourth-order valence-electron chi connectivity index (χ4n) is 2.55. The lowest BCUT2D eigenvalue weighted by Gasteiger charge is -2.27. The molecule has 1 atom stereocenters. The Hall–Kier alpha value is -2.93. The SMILES string of the molecule is N#Cc1ccccc1C1C(=N)NC(=O)c2ccccc21. The van der Waals surface area contributed by atoms with Crippen molar-refractivity contribution in [3.05, 3.63) is 70.8 Å². The molecule has 1 aliphatic rings. The highest BCUT2D eigenvalue weighted by atomic mass is 16.1. The second-order valence-corrected chi connectivity index (χ2v) is 4.59. The lowest BCUT2D eigenvalue weighted by atomic mass is 9.82. The number of fused-ring (bicyclic) bond motifs is 1. The molecule has 0 bridgehead atoms. The van der Waals surface area contributed by atoms with Gasteiger partial charge in [0.1, 0.15) is 5.84 Å². The van der Waals surface area contributed by atoms with Crippen molar-refractivity contribution in [2.24, 2.45) is 0 Å². The summed E-state index contributed by atoms with van der Waals surface area (Å²) in [4.78, 5) is 11.9. The van der Waals surface area contributed by atoms with E-state index in [1.165, 1.54) is 0 Å². The fraction of sp³-hybridized carbons (Fsp3) is 0.0625. The van der Waals surface area contributed by atoms with Crippen molar-refractivity contribution in [1.82, 2.24) is 5.32 Å². The smallest absolute Gasteiger partial charge is 0.256 e. The topological polar surface area (TPSA) is 76.7 Å². The number of nitrogens with zero attached hydrogens (tertiary/aromatic N) is 1. The molecule has 0 aliphatic carbocycles. The molecule has 0 radical (unpaired) electrons. The molecule has 1 unspecified atom stereocenters. The van der Waals surface area contributed by atoms with Crippen LogP contribution in [0.25, 0.3) is 0 Å². The number of nitrogens with one attached hydrogen (secondary N) is 2. The fourth-order valence-corrected chi connectivity index (χ4v) is 2.55. The Morgan fingerprint density at radius 3 is 2.45 bits per heavy atom. The van der Waals surface area contributed by atoms with Gasteiger partial charge in [0.25, 0.3) is 5.91 Å². The molecule has 0 fully saturated rings. The summed E-state index contributed by atoms with van der Waals surface area (Å²) in [6.07, 6.45) is 0. The first-order valence-corrected chi connectivity index (χ1v) is 6.20. The Morgan fingerprint density at radius 2 is 1.70 bits per heavy atom. The largest absolute Gasteiger partial charge is 0.310 e. The van der Waals surface area contributed by atoms with E-state index in [1.807, 2.05) is 24.3 Å². The minimum Gasteiger partial charge on any atom is -0.310 e. The van der Waals surface area contributed by atoms with Gasteiger partial charge in [-0.05, 0) is 23.3 Å². The molecule has 96 valence electrons. The molecule has 0 aromatic heterocycles. The van der Waals surface area contributed by atoms with Crippen molar-refractivity contribution in [3.8, 4) is 6.07 Å². The molecule has 3 rings (SSSR count). The van der Waals surface area contributed by atoms with E-state index in [2.05, 4.69) is 11.4 Å². The molecule has 1 heterocycles. The highest BCUT2D eigenvalue weighted by molar-refractivity contribution is 6.13. The normalized spacial score (nSPS) is 17.1. The van der Waals surface area contributed by atoms with Crippen LogP contribution in [-0.4, -0.2) is 11.7 Å². The van der Waals surface area contributed by atoms with Crippen LogP contribution in [0.2, 0.25) is 0 Å². The van der Waals surface area contributed by atoms with Crippen LogP contribution in [0.4, 0.5) is 0 Å². The maximum atomic E-state index is 11.9. The lowest BCUT2D eigenvalue weighted by Crippen LogP contribution is -2.40. The number of rotatable bonds is 1. The molecule has 0 saturated carbocycles. The van der Waals surface area contributed by atoms with Crippen molar-refractivity contribution in [1.29, 1.82) is 10.7 Å². The molecular weight excluding hydrogens is 250 g/mol. The van der Waals surface area contributed by atoms with E-state index in [0.29, 0.717) is 11.1 Å². The van der Waals surface area contributed by atoms with Gasteiger partial charge >= 0.3 is 0 Å². The second kappa shape index (κ2) is 4.63. The summed E-state index contributed by atoms with van der Waals surface area (Å²) < 4.78 is 0.